The first kappa shape index (κ1) is 24.7. The molecule has 0 aliphatic rings. The van der Waals surface area contributed by atoms with Gasteiger partial charge in [-0.3, -0.25) is 0 Å². The number of allylic oxidation sites excluding steroid dienone is 1. The molecule has 0 aliphatic carbocycles. The summed E-state index contributed by atoms with van der Waals surface area (Å²) in [5.41, 5.74) is 0.0924. The molecular weight excluding hydrogens is 328 g/mol. The summed E-state index contributed by atoms with van der Waals surface area (Å²) < 4.78 is 10.6. The third kappa shape index (κ3) is 12.1. The van der Waals surface area contributed by atoms with Gasteiger partial charge in [0.05, 0.1) is 13.2 Å². The number of carbonyl (C=O) groups excluding carboxylic acids is 2. The fraction of sp³-hybridized carbons (Fsp3) is 0.818. The molecule has 0 aliphatic heterocycles. The van der Waals surface area contributed by atoms with Crippen LogP contribution in [0.2, 0.25) is 0 Å². The number of esters is 2. The van der Waals surface area contributed by atoms with E-state index >= 15 is 0 Å². The molecular formula is C22H40O4. The molecule has 0 aromatic heterocycles. The predicted octanol–water partition coefficient (Wildman–Crippen LogP) is 5.99. The first-order valence-electron chi connectivity index (χ1n) is 10.7. The predicted molar refractivity (Wildman–Crippen MR) is 107 cm³/mol. The standard InChI is InChI=1S/C22H40O4/c1-5-9-13-15-19(14-10-6-2)18-20(21(23)25-16-11-7-3)22(24)26-17-12-8-4/h18-19H,5-17H2,1-4H3. The van der Waals surface area contributed by atoms with Crippen molar-refractivity contribution in [1.82, 2.24) is 0 Å². The van der Waals surface area contributed by atoms with Crippen LogP contribution in [0.3, 0.4) is 0 Å². The minimum Gasteiger partial charge on any atom is -0.462 e. The largest absolute Gasteiger partial charge is 0.462 e. The molecule has 0 aromatic rings. The minimum atomic E-state index is -0.531. The van der Waals surface area contributed by atoms with E-state index in [4.69, 9.17) is 9.47 Å². The Morgan fingerprint density at radius 2 is 1.15 bits per heavy atom. The van der Waals surface area contributed by atoms with E-state index in [1.54, 1.807) is 0 Å². The van der Waals surface area contributed by atoms with Crippen LogP contribution in [0.15, 0.2) is 11.6 Å². The highest BCUT2D eigenvalue weighted by atomic mass is 16.6. The lowest BCUT2D eigenvalue weighted by molar-refractivity contribution is -0.147. The summed E-state index contributed by atoms with van der Waals surface area (Å²) in [5, 5.41) is 0. The molecule has 4 nitrogen and oxygen atoms in total. The van der Waals surface area contributed by atoms with E-state index in [2.05, 4.69) is 13.8 Å². The van der Waals surface area contributed by atoms with Gasteiger partial charge in [-0.15, -0.1) is 0 Å². The highest BCUT2D eigenvalue weighted by Gasteiger charge is 2.23. The lowest BCUT2D eigenvalue weighted by Gasteiger charge is -2.15. The topological polar surface area (TPSA) is 52.6 Å². The number of unbranched alkanes of at least 4 members (excludes halogenated alkanes) is 5. The van der Waals surface area contributed by atoms with Gasteiger partial charge < -0.3 is 9.47 Å². The summed E-state index contributed by atoms with van der Waals surface area (Å²) >= 11 is 0. The van der Waals surface area contributed by atoms with Gasteiger partial charge in [0, 0.05) is 0 Å². The van der Waals surface area contributed by atoms with Crippen molar-refractivity contribution in [3.63, 3.8) is 0 Å². The normalized spacial score (nSPS) is 11.7. The molecule has 0 N–H and O–H groups in total. The smallest absolute Gasteiger partial charge is 0.345 e. The van der Waals surface area contributed by atoms with E-state index in [9.17, 15) is 9.59 Å². The van der Waals surface area contributed by atoms with E-state index in [1.807, 2.05) is 19.9 Å². The second-order valence-electron chi connectivity index (χ2n) is 6.96. The molecule has 0 rings (SSSR count). The van der Waals surface area contributed by atoms with Crippen molar-refractivity contribution in [2.45, 2.75) is 98.3 Å². The molecule has 152 valence electrons. The summed E-state index contributed by atoms with van der Waals surface area (Å²) in [6.45, 7) is 9.12. The highest BCUT2D eigenvalue weighted by Crippen LogP contribution is 2.21. The number of ether oxygens (including phenoxy) is 2. The van der Waals surface area contributed by atoms with Crippen LogP contribution in [0.4, 0.5) is 0 Å². The molecule has 0 amide bonds. The molecule has 1 atom stereocenters. The molecule has 0 radical (unpaired) electrons. The van der Waals surface area contributed by atoms with Crippen LogP contribution in [0.5, 0.6) is 0 Å². The number of rotatable bonds is 16. The molecule has 0 aromatic carbocycles. The van der Waals surface area contributed by atoms with E-state index in [1.165, 1.54) is 6.42 Å². The van der Waals surface area contributed by atoms with Crippen LogP contribution < -0.4 is 0 Å². The zero-order chi connectivity index (χ0) is 19.6. The van der Waals surface area contributed by atoms with Gasteiger partial charge in [0.15, 0.2) is 0 Å². The van der Waals surface area contributed by atoms with Gasteiger partial charge in [-0.1, -0.05) is 78.7 Å². The van der Waals surface area contributed by atoms with E-state index in [-0.39, 0.29) is 11.5 Å². The van der Waals surface area contributed by atoms with Gasteiger partial charge in [0.2, 0.25) is 0 Å². The Labute approximate surface area is 160 Å². The van der Waals surface area contributed by atoms with Crippen LogP contribution in [-0.4, -0.2) is 25.2 Å². The highest BCUT2D eigenvalue weighted by molar-refractivity contribution is 6.14. The van der Waals surface area contributed by atoms with Crippen molar-refractivity contribution >= 4 is 11.9 Å². The van der Waals surface area contributed by atoms with Crippen LogP contribution in [0.25, 0.3) is 0 Å². The molecule has 1 unspecified atom stereocenters. The van der Waals surface area contributed by atoms with Gasteiger partial charge in [-0.2, -0.15) is 0 Å². The Bertz CT molecular complexity index is 377. The fourth-order valence-corrected chi connectivity index (χ4v) is 2.66. The quantitative estimate of drug-likeness (QED) is 0.110. The molecule has 0 heterocycles. The van der Waals surface area contributed by atoms with Gasteiger partial charge in [0.1, 0.15) is 5.57 Å². The summed E-state index contributed by atoms with van der Waals surface area (Å²) in [7, 11) is 0. The minimum absolute atomic E-state index is 0.0924. The van der Waals surface area contributed by atoms with E-state index in [0.29, 0.717) is 13.2 Å². The summed E-state index contributed by atoms with van der Waals surface area (Å²) in [6, 6.07) is 0. The molecule has 0 spiro atoms. The molecule has 0 fully saturated rings. The lowest BCUT2D eigenvalue weighted by atomic mass is 9.93. The molecule has 0 saturated carbocycles. The first-order valence-corrected chi connectivity index (χ1v) is 10.7. The molecule has 4 heteroatoms. The average Bonchev–Trinajstić information content (AvgIpc) is 2.63. The van der Waals surface area contributed by atoms with Gasteiger partial charge in [0.25, 0.3) is 0 Å². The van der Waals surface area contributed by atoms with Gasteiger partial charge in [-0.05, 0) is 31.6 Å². The molecule has 0 bridgehead atoms. The van der Waals surface area contributed by atoms with E-state index < -0.39 is 11.9 Å². The second-order valence-corrected chi connectivity index (χ2v) is 6.96. The van der Waals surface area contributed by atoms with Crippen molar-refractivity contribution in [3.8, 4) is 0 Å². The van der Waals surface area contributed by atoms with Gasteiger partial charge >= 0.3 is 11.9 Å². The molecule has 0 saturated heterocycles. The average molecular weight is 369 g/mol. The molecule has 26 heavy (non-hydrogen) atoms. The Morgan fingerprint density at radius 3 is 1.62 bits per heavy atom. The summed E-state index contributed by atoms with van der Waals surface area (Å²) in [5.74, 6) is -0.831. The second kappa shape index (κ2) is 17.1. The number of carbonyl (C=O) groups is 2. The van der Waals surface area contributed by atoms with E-state index in [0.717, 1.165) is 64.2 Å². The van der Waals surface area contributed by atoms with Crippen molar-refractivity contribution in [1.29, 1.82) is 0 Å². The van der Waals surface area contributed by atoms with Crippen LogP contribution in [-0.2, 0) is 19.1 Å². The van der Waals surface area contributed by atoms with Crippen molar-refractivity contribution in [3.05, 3.63) is 11.6 Å². The maximum absolute atomic E-state index is 12.4. The fourth-order valence-electron chi connectivity index (χ4n) is 2.66. The first-order chi connectivity index (χ1) is 12.6. The van der Waals surface area contributed by atoms with Crippen LogP contribution in [0.1, 0.15) is 98.3 Å². The van der Waals surface area contributed by atoms with Crippen molar-refractivity contribution < 1.29 is 19.1 Å². The Hall–Kier alpha value is -1.32. The zero-order valence-corrected chi connectivity index (χ0v) is 17.5. The Morgan fingerprint density at radius 1 is 0.692 bits per heavy atom. The zero-order valence-electron chi connectivity index (χ0n) is 17.5. The van der Waals surface area contributed by atoms with Crippen molar-refractivity contribution in [2.24, 2.45) is 5.92 Å². The maximum Gasteiger partial charge on any atom is 0.345 e. The van der Waals surface area contributed by atoms with Crippen LogP contribution in [0, 0.1) is 5.92 Å². The maximum atomic E-state index is 12.4. The van der Waals surface area contributed by atoms with Crippen LogP contribution >= 0.6 is 0 Å². The number of hydrogen-bond donors (Lipinski definition) is 0. The lowest BCUT2D eigenvalue weighted by Crippen LogP contribution is -2.20. The third-order valence-electron chi connectivity index (χ3n) is 4.41. The SMILES string of the molecule is CCCCCC(C=C(C(=O)OCCCC)C(=O)OCCCC)CCCC. The van der Waals surface area contributed by atoms with Gasteiger partial charge in [-0.25, -0.2) is 9.59 Å². The Balaban J connectivity index is 5.13. The Kier molecular flexibility index (Phi) is 16.2. The monoisotopic (exact) mass is 368 g/mol. The summed E-state index contributed by atoms with van der Waals surface area (Å²) in [6.07, 6.45) is 13.0. The third-order valence-corrected chi connectivity index (χ3v) is 4.41. The summed E-state index contributed by atoms with van der Waals surface area (Å²) in [4.78, 5) is 24.9. The van der Waals surface area contributed by atoms with Crippen molar-refractivity contribution in [2.75, 3.05) is 13.2 Å². The number of hydrogen-bond acceptors (Lipinski definition) is 4.